The van der Waals surface area contributed by atoms with Crippen LogP contribution in [0.3, 0.4) is 0 Å². The predicted molar refractivity (Wildman–Crippen MR) is 117 cm³/mol. The van der Waals surface area contributed by atoms with Gasteiger partial charge in [0.15, 0.2) is 0 Å². The van der Waals surface area contributed by atoms with Crippen molar-refractivity contribution in [3.8, 4) is 5.75 Å². The highest BCUT2D eigenvalue weighted by Crippen LogP contribution is 2.21. The average Bonchev–Trinajstić information content (AvgIpc) is 3.32. The Hall–Kier alpha value is -1.67. The highest BCUT2D eigenvalue weighted by molar-refractivity contribution is 5.77. The number of carbonyl (C=O) groups is 1. The second-order valence-corrected chi connectivity index (χ2v) is 9.00. The summed E-state index contributed by atoms with van der Waals surface area (Å²) in [6.45, 7) is 9.11. The Morgan fingerprint density at radius 3 is 2.53 bits per heavy atom. The molecule has 3 aliphatic heterocycles. The molecule has 3 fully saturated rings. The zero-order valence-corrected chi connectivity index (χ0v) is 18.2. The average molecular weight is 417 g/mol. The molecule has 1 amide bonds. The number of piperazine rings is 1. The maximum Gasteiger partial charge on any atom is 0.222 e. The van der Waals surface area contributed by atoms with Crippen molar-refractivity contribution >= 4 is 5.91 Å². The molecular weight excluding hydrogens is 380 g/mol. The number of likely N-dealkylation sites (tertiary alicyclic amines) is 2. The lowest BCUT2D eigenvalue weighted by Gasteiger charge is -2.37. The van der Waals surface area contributed by atoms with Crippen LogP contribution in [0, 0.1) is 0 Å². The molecule has 3 heterocycles. The van der Waals surface area contributed by atoms with Crippen LogP contribution < -0.4 is 4.74 Å². The van der Waals surface area contributed by atoms with Crippen molar-refractivity contribution in [2.75, 3.05) is 66.0 Å². The van der Waals surface area contributed by atoms with Crippen LogP contribution in [0.15, 0.2) is 24.3 Å². The first-order chi connectivity index (χ1) is 14.6. The fourth-order valence-electron chi connectivity index (χ4n) is 4.82. The molecule has 2 atom stereocenters. The lowest BCUT2D eigenvalue weighted by Crippen LogP contribution is -2.52. The minimum absolute atomic E-state index is 0.254. The SMILES string of the molecule is CN1CCN([C@H]2CN(Cc3ccc(OCCCN4CCCC4=O)cc3)C[C@@H]2O)CC1. The summed E-state index contributed by atoms with van der Waals surface area (Å²) in [7, 11) is 2.16. The number of likely N-dealkylation sites (N-methyl/N-ethyl adjacent to an activating group) is 1. The summed E-state index contributed by atoms with van der Waals surface area (Å²) < 4.78 is 5.85. The quantitative estimate of drug-likeness (QED) is 0.635. The van der Waals surface area contributed by atoms with E-state index in [0.717, 1.165) is 77.5 Å². The summed E-state index contributed by atoms with van der Waals surface area (Å²) in [6, 6.07) is 8.55. The highest BCUT2D eigenvalue weighted by atomic mass is 16.5. The first-order valence-electron chi connectivity index (χ1n) is 11.4. The normalized spacial score (nSPS) is 26.6. The van der Waals surface area contributed by atoms with Gasteiger partial charge in [0, 0.05) is 71.4 Å². The first-order valence-corrected chi connectivity index (χ1v) is 11.4. The number of β-amino-alcohol motifs (C(OH)–C–C–N with tert-alkyl or cyclic N) is 1. The van der Waals surface area contributed by atoms with Gasteiger partial charge in [-0.05, 0) is 37.6 Å². The monoisotopic (exact) mass is 416 g/mol. The fraction of sp³-hybridized carbons (Fsp3) is 0.696. The van der Waals surface area contributed by atoms with E-state index >= 15 is 0 Å². The van der Waals surface area contributed by atoms with Crippen LogP contribution in [0.4, 0.5) is 0 Å². The second kappa shape index (κ2) is 10.1. The number of hydrogen-bond acceptors (Lipinski definition) is 6. The molecule has 1 N–H and O–H groups in total. The van der Waals surface area contributed by atoms with Crippen LogP contribution in [0.1, 0.15) is 24.8 Å². The molecular formula is C23H36N4O3. The molecule has 0 bridgehead atoms. The van der Waals surface area contributed by atoms with Crippen LogP contribution >= 0.6 is 0 Å². The van der Waals surface area contributed by atoms with Gasteiger partial charge in [0.05, 0.1) is 12.7 Å². The van der Waals surface area contributed by atoms with Crippen molar-refractivity contribution in [3.63, 3.8) is 0 Å². The van der Waals surface area contributed by atoms with Gasteiger partial charge in [0.2, 0.25) is 5.91 Å². The van der Waals surface area contributed by atoms with Crippen molar-refractivity contribution in [1.82, 2.24) is 19.6 Å². The van der Waals surface area contributed by atoms with Crippen LogP contribution in [0.5, 0.6) is 5.75 Å². The van der Waals surface area contributed by atoms with E-state index in [1.165, 1.54) is 5.56 Å². The Bertz CT molecular complexity index is 690. The molecule has 0 radical (unpaired) electrons. The Morgan fingerprint density at radius 1 is 1.07 bits per heavy atom. The van der Waals surface area contributed by atoms with Gasteiger partial charge in [0.25, 0.3) is 0 Å². The summed E-state index contributed by atoms with van der Waals surface area (Å²) in [5.74, 6) is 1.16. The summed E-state index contributed by atoms with van der Waals surface area (Å²) in [4.78, 5) is 20.7. The maximum absolute atomic E-state index is 11.6. The van der Waals surface area contributed by atoms with Gasteiger partial charge in [0.1, 0.15) is 5.75 Å². The largest absolute Gasteiger partial charge is 0.494 e. The molecule has 1 aromatic rings. The number of nitrogens with zero attached hydrogens (tertiary/aromatic N) is 4. The zero-order chi connectivity index (χ0) is 20.9. The van der Waals surface area contributed by atoms with E-state index in [0.29, 0.717) is 13.0 Å². The molecule has 7 heteroatoms. The number of hydrogen-bond donors (Lipinski definition) is 1. The third-order valence-corrected chi connectivity index (χ3v) is 6.68. The molecule has 0 aliphatic carbocycles. The smallest absolute Gasteiger partial charge is 0.222 e. The Labute approximate surface area is 180 Å². The van der Waals surface area contributed by atoms with E-state index in [-0.39, 0.29) is 18.1 Å². The van der Waals surface area contributed by atoms with Gasteiger partial charge in [-0.3, -0.25) is 14.6 Å². The van der Waals surface area contributed by atoms with Crippen molar-refractivity contribution in [1.29, 1.82) is 0 Å². The van der Waals surface area contributed by atoms with Crippen molar-refractivity contribution in [2.45, 2.75) is 38.0 Å². The van der Waals surface area contributed by atoms with Gasteiger partial charge in [-0.25, -0.2) is 0 Å². The van der Waals surface area contributed by atoms with Gasteiger partial charge in [-0.2, -0.15) is 0 Å². The lowest BCUT2D eigenvalue weighted by molar-refractivity contribution is -0.127. The maximum atomic E-state index is 11.6. The zero-order valence-electron chi connectivity index (χ0n) is 18.2. The van der Waals surface area contributed by atoms with E-state index < -0.39 is 0 Å². The van der Waals surface area contributed by atoms with Crippen molar-refractivity contribution < 1.29 is 14.6 Å². The summed E-state index contributed by atoms with van der Waals surface area (Å²) in [6.07, 6.45) is 2.29. The molecule has 4 rings (SSSR count). The molecule has 30 heavy (non-hydrogen) atoms. The highest BCUT2D eigenvalue weighted by Gasteiger charge is 2.36. The van der Waals surface area contributed by atoms with Gasteiger partial charge >= 0.3 is 0 Å². The number of benzene rings is 1. The van der Waals surface area contributed by atoms with Gasteiger partial charge < -0.3 is 19.6 Å². The molecule has 166 valence electrons. The molecule has 0 saturated carbocycles. The Balaban J connectivity index is 1.18. The van der Waals surface area contributed by atoms with E-state index in [4.69, 9.17) is 4.74 Å². The van der Waals surface area contributed by atoms with Crippen LogP contribution in [-0.2, 0) is 11.3 Å². The molecule has 7 nitrogen and oxygen atoms in total. The third kappa shape index (κ3) is 5.52. The summed E-state index contributed by atoms with van der Waals surface area (Å²) in [5.41, 5.74) is 1.25. The Kier molecular flexibility index (Phi) is 7.25. The first kappa shape index (κ1) is 21.6. The molecule has 3 saturated heterocycles. The van der Waals surface area contributed by atoms with Crippen molar-refractivity contribution in [2.24, 2.45) is 0 Å². The summed E-state index contributed by atoms with van der Waals surface area (Å²) >= 11 is 0. The third-order valence-electron chi connectivity index (χ3n) is 6.68. The second-order valence-electron chi connectivity index (χ2n) is 9.00. The molecule has 1 aromatic carbocycles. The molecule has 0 aromatic heterocycles. The van der Waals surface area contributed by atoms with E-state index in [1.807, 2.05) is 17.0 Å². The number of aliphatic hydroxyl groups is 1. The minimum atomic E-state index is -0.265. The minimum Gasteiger partial charge on any atom is -0.494 e. The Morgan fingerprint density at radius 2 is 1.83 bits per heavy atom. The molecule has 0 spiro atoms. The van der Waals surface area contributed by atoms with Gasteiger partial charge in [-0.1, -0.05) is 12.1 Å². The number of carbonyl (C=O) groups excluding carboxylic acids is 1. The fourth-order valence-corrected chi connectivity index (χ4v) is 4.82. The number of rotatable bonds is 8. The van der Waals surface area contributed by atoms with E-state index in [2.05, 4.69) is 33.9 Å². The van der Waals surface area contributed by atoms with Crippen LogP contribution in [0.2, 0.25) is 0 Å². The molecule has 0 unspecified atom stereocenters. The van der Waals surface area contributed by atoms with Gasteiger partial charge in [-0.15, -0.1) is 0 Å². The number of amides is 1. The van der Waals surface area contributed by atoms with E-state index in [1.54, 1.807) is 0 Å². The standard InChI is InChI=1S/C23H36N4O3/c1-24-11-13-26(14-12-24)21-17-25(18-22(21)28)16-19-5-7-20(8-6-19)30-15-3-10-27-9-2-4-23(27)29/h5-8,21-22,28H,2-4,9-18H2,1H3/t21-,22-/m0/s1. The number of aliphatic hydroxyl groups excluding tert-OH is 1. The van der Waals surface area contributed by atoms with Crippen LogP contribution in [0.25, 0.3) is 0 Å². The number of ether oxygens (including phenoxy) is 1. The molecule has 3 aliphatic rings. The van der Waals surface area contributed by atoms with Crippen LogP contribution in [-0.4, -0.2) is 109 Å². The summed E-state index contributed by atoms with van der Waals surface area (Å²) in [5, 5.41) is 10.6. The van der Waals surface area contributed by atoms with Crippen molar-refractivity contribution in [3.05, 3.63) is 29.8 Å². The predicted octanol–water partition coefficient (Wildman–Crippen LogP) is 0.870. The van der Waals surface area contributed by atoms with E-state index in [9.17, 15) is 9.90 Å². The lowest BCUT2D eigenvalue weighted by atomic mass is 10.1. The topological polar surface area (TPSA) is 59.5 Å².